The summed E-state index contributed by atoms with van der Waals surface area (Å²) < 4.78 is 20.0. The molecule has 9 N–H and O–H groups in total. The van der Waals surface area contributed by atoms with Crippen LogP contribution in [-0.2, 0) is 32.7 Å². The Morgan fingerprint density at radius 1 is 0.522 bits per heavy atom. The van der Waals surface area contributed by atoms with Gasteiger partial charge < -0.3 is 57.4 Å². The number of carbonyl (C=O) groups is 3. The van der Waals surface area contributed by atoms with E-state index in [1.807, 2.05) is 20.8 Å². The van der Waals surface area contributed by atoms with Gasteiger partial charge in [0.15, 0.2) is 0 Å². The largest absolute Gasteiger partial charge is 0.492 e. The van der Waals surface area contributed by atoms with Gasteiger partial charge in [0.05, 0.1) is 36.1 Å². The van der Waals surface area contributed by atoms with Gasteiger partial charge >= 0.3 is 44.3 Å². The van der Waals surface area contributed by atoms with Crippen LogP contribution < -0.4 is 0 Å². The normalized spacial score (nSPS) is 12.5. The zero-order chi connectivity index (χ0) is 35.0. The van der Waals surface area contributed by atoms with Crippen LogP contribution in [-0.4, -0.2) is 103 Å². The Labute approximate surface area is 278 Å². The first-order valence-electron chi connectivity index (χ1n) is 15.1. The fraction of sp³-hybridized carbons (Fsp3) is 0.893. The van der Waals surface area contributed by atoms with Crippen LogP contribution >= 0.6 is 0 Å². The predicted octanol–water partition coefficient (Wildman–Crippen LogP) is 1.67. The van der Waals surface area contributed by atoms with Crippen LogP contribution in [0.2, 0.25) is 18.1 Å². The standard InChI is InChI=1S/C18H38O9Si2.C9H20O5Si.CH4.H2O/c1-7-17(3,4)15(19)25-11-9-13-28(21,22)27-29(23,24)14-10-12-26-16(20)18(5,6)8-2;1-4-9(2,3)8(10)14-6-5-7-15(11,12)13;;/h21-24H,7-14H2,1-6H3;11-13H,4-7H2,1-3H3;1H4;1H2. The van der Waals surface area contributed by atoms with Crippen LogP contribution in [0.3, 0.4) is 0 Å². The highest BCUT2D eigenvalue weighted by atomic mass is 28.5. The summed E-state index contributed by atoms with van der Waals surface area (Å²) in [5.74, 6) is -1.05. The molecule has 0 saturated heterocycles. The number of hydrogen-bond acceptors (Lipinski definition) is 14. The summed E-state index contributed by atoms with van der Waals surface area (Å²) >= 11 is 0. The number of rotatable bonds is 20. The first kappa shape index (κ1) is 51.5. The number of hydrogen-bond donors (Lipinski definition) is 7. The first-order chi connectivity index (χ1) is 19.8. The van der Waals surface area contributed by atoms with Gasteiger partial charge in [-0.25, -0.2) is 0 Å². The van der Waals surface area contributed by atoms with Gasteiger partial charge in [-0.05, 0) is 80.1 Å². The van der Waals surface area contributed by atoms with Gasteiger partial charge in [-0.1, -0.05) is 28.2 Å². The van der Waals surface area contributed by atoms with E-state index in [1.54, 1.807) is 41.5 Å². The Bertz CT molecular complexity index is 827. The quantitative estimate of drug-likeness (QED) is 0.0408. The van der Waals surface area contributed by atoms with Crippen molar-refractivity contribution >= 4 is 44.3 Å². The molecule has 15 nitrogen and oxygen atoms in total. The van der Waals surface area contributed by atoms with Crippen LogP contribution in [0.25, 0.3) is 0 Å². The van der Waals surface area contributed by atoms with Crippen molar-refractivity contribution in [3.63, 3.8) is 0 Å². The first-order valence-corrected chi connectivity index (χ1v) is 21.1. The van der Waals surface area contributed by atoms with Crippen molar-refractivity contribution in [1.29, 1.82) is 0 Å². The Kier molecular flexibility index (Phi) is 25.0. The lowest BCUT2D eigenvalue weighted by atomic mass is 9.91. The topological polar surface area (TPSA) is 261 Å². The number of carbonyl (C=O) groups excluding carboxylic acids is 3. The molecule has 0 rings (SSSR count). The summed E-state index contributed by atoms with van der Waals surface area (Å²) in [5.41, 5.74) is -1.73. The third-order valence-corrected chi connectivity index (χ3v) is 12.9. The fourth-order valence-corrected chi connectivity index (χ4v) is 7.53. The third kappa shape index (κ3) is 23.9. The van der Waals surface area contributed by atoms with E-state index >= 15 is 0 Å². The summed E-state index contributed by atoms with van der Waals surface area (Å²) in [7, 11) is -12.6. The lowest BCUT2D eigenvalue weighted by Gasteiger charge is -2.26. The van der Waals surface area contributed by atoms with Crippen molar-refractivity contribution in [2.24, 2.45) is 16.2 Å². The zero-order valence-corrected chi connectivity index (χ0v) is 31.5. The highest BCUT2D eigenvalue weighted by Gasteiger charge is 2.45. The van der Waals surface area contributed by atoms with Gasteiger partial charge in [0.1, 0.15) is 0 Å². The van der Waals surface area contributed by atoms with E-state index in [2.05, 4.69) is 0 Å². The van der Waals surface area contributed by atoms with Crippen molar-refractivity contribution in [3.05, 3.63) is 0 Å². The van der Waals surface area contributed by atoms with Crippen LogP contribution in [0.5, 0.6) is 0 Å². The zero-order valence-electron chi connectivity index (χ0n) is 28.5. The van der Waals surface area contributed by atoms with Crippen LogP contribution in [0.15, 0.2) is 0 Å². The molecule has 0 atom stereocenters. The smallest absolute Gasteiger partial charge is 0.465 e. The monoisotopic (exact) mass is 724 g/mol. The molecule has 46 heavy (non-hydrogen) atoms. The molecule has 0 aromatic carbocycles. The second kappa shape index (κ2) is 22.4. The molecule has 0 heterocycles. The average Bonchev–Trinajstić information content (AvgIpc) is 2.90. The number of esters is 3. The van der Waals surface area contributed by atoms with E-state index in [1.165, 1.54) is 0 Å². The molecule has 0 saturated carbocycles. The molecule has 0 fully saturated rings. The van der Waals surface area contributed by atoms with Gasteiger partial charge in [0.25, 0.3) is 0 Å². The molecule has 0 aliphatic carbocycles. The van der Waals surface area contributed by atoms with Crippen molar-refractivity contribution in [1.82, 2.24) is 0 Å². The maximum atomic E-state index is 11.8. The molecule has 0 aliphatic rings. The Hall–Kier alpha value is -1.30. The number of ether oxygens (including phenoxy) is 3. The summed E-state index contributed by atoms with van der Waals surface area (Å²) in [6, 6.07) is -0.572. The minimum atomic E-state index is -4.32. The van der Waals surface area contributed by atoms with E-state index in [0.717, 1.165) is 0 Å². The fourth-order valence-electron chi connectivity index (χ4n) is 2.79. The van der Waals surface area contributed by atoms with Crippen LogP contribution in [0.4, 0.5) is 0 Å². The summed E-state index contributed by atoms with van der Waals surface area (Å²) in [4.78, 5) is 101. The van der Waals surface area contributed by atoms with E-state index < -0.39 is 42.7 Å². The molecule has 0 aliphatic heterocycles. The van der Waals surface area contributed by atoms with Gasteiger partial charge in [-0.3, -0.25) is 14.4 Å². The lowest BCUT2D eigenvalue weighted by Crippen LogP contribution is -2.53. The maximum Gasteiger partial charge on any atom is 0.492 e. The van der Waals surface area contributed by atoms with Crippen molar-refractivity contribution < 1.29 is 71.8 Å². The Morgan fingerprint density at radius 3 is 0.978 bits per heavy atom. The molecule has 0 unspecified atom stereocenters. The highest BCUT2D eigenvalue weighted by molar-refractivity contribution is 6.72. The van der Waals surface area contributed by atoms with Crippen molar-refractivity contribution in [3.8, 4) is 0 Å². The maximum absolute atomic E-state index is 11.8. The minimum Gasteiger partial charge on any atom is -0.465 e. The second-order valence-corrected chi connectivity index (χ2v) is 19.6. The summed E-state index contributed by atoms with van der Waals surface area (Å²) in [6.45, 7) is 16.3. The van der Waals surface area contributed by atoms with Crippen molar-refractivity contribution in [2.75, 3.05) is 19.8 Å². The van der Waals surface area contributed by atoms with Gasteiger partial charge in [0.2, 0.25) is 0 Å². The molecule has 0 aromatic heterocycles. The van der Waals surface area contributed by atoms with Gasteiger partial charge in [-0.2, -0.15) is 0 Å². The molecule has 0 bridgehead atoms. The Balaban J connectivity index is -0.000000441. The molecule has 0 aromatic rings. The predicted molar refractivity (Wildman–Crippen MR) is 178 cm³/mol. The van der Waals surface area contributed by atoms with Crippen LogP contribution in [0, 0.1) is 16.2 Å². The average molecular weight is 725 g/mol. The molecule has 0 radical (unpaired) electrons. The minimum absolute atomic E-state index is 0. The molecule has 0 amide bonds. The van der Waals surface area contributed by atoms with E-state index in [-0.39, 0.29) is 88.0 Å². The molecular formula is C28H64O15Si3. The van der Waals surface area contributed by atoms with Crippen LogP contribution in [0.1, 0.15) is 108 Å². The van der Waals surface area contributed by atoms with E-state index in [0.29, 0.717) is 19.3 Å². The highest BCUT2D eigenvalue weighted by Crippen LogP contribution is 2.24. The molecular weight excluding hydrogens is 661 g/mol. The van der Waals surface area contributed by atoms with Gasteiger partial charge in [0, 0.05) is 18.1 Å². The summed E-state index contributed by atoms with van der Waals surface area (Å²) in [5, 5.41) is 0. The molecule has 18 heteroatoms. The van der Waals surface area contributed by atoms with Gasteiger partial charge in [-0.15, -0.1) is 0 Å². The Morgan fingerprint density at radius 2 is 0.761 bits per heavy atom. The SMILES string of the molecule is C.CCC(C)(C)C(=O)OCCC[Si](O)(O)O.CCC(C)(C)C(=O)OCCC[Si](O)(O)O[Si](O)(O)CCCOC(=O)C(C)(C)CC.O. The summed E-state index contributed by atoms with van der Waals surface area (Å²) in [6.07, 6.45) is 2.42. The van der Waals surface area contributed by atoms with Crippen molar-refractivity contribution in [2.45, 2.75) is 126 Å². The van der Waals surface area contributed by atoms with E-state index in [4.69, 9.17) is 32.7 Å². The van der Waals surface area contributed by atoms with E-state index in [9.17, 15) is 33.6 Å². The lowest BCUT2D eigenvalue weighted by molar-refractivity contribution is -0.154. The molecule has 278 valence electrons. The molecule has 0 spiro atoms. The third-order valence-electron chi connectivity index (χ3n) is 7.29. The second-order valence-electron chi connectivity index (χ2n) is 12.8.